The van der Waals surface area contributed by atoms with Gasteiger partial charge in [-0.2, -0.15) is 13.2 Å². The number of nitrogens with one attached hydrogen (secondary N) is 2. The summed E-state index contributed by atoms with van der Waals surface area (Å²) < 4.78 is 45.3. The Balaban J connectivity index is 1.35. The van der Waals surface area contributed by atoms with E-state index in [-0.39, 0.29) is 18.6 Å². The minimum absolute atomic E-state index is 0.0189. The standard InChI is InChI=1S/C20H17F3N4O2/c1-12-24-11-18-27(12)26-19(29-18)14-4-8-16(9-5-14)25-17(28)10-13-2-6-15(7-3-13)20(21,22)23/h2-9,11,19,26H,10H2,1H3,(H,25,28). The Hall–Kier alpha value is -3.49. The summed E-state index contributed by atoms with van der Waals surface area (Å²) >= 11 is 0. The normalized spacial score (nSPS) is 15.4. The van der Waals surface area contributed by atoms with E-state index in [1.54, 1.807) is 23.0 Å². The first-order valence-electron chi connectivity index (χ1n) is 8.83. The van der Waals surface area contributed by atoms with Crippen LogP contribution in [0.5, 0.6) is 5.88 Å². The predicted octanol–water partition coefficient (Wildman–Crippen LogP) is 4.03. The van der Waals surface area contributed by atoms with Gasteiger partial charge in [0, 0.05) is 11.3 Å². The third-order valence-electron chi connectivity index (χ3n) is 4.53. The average molecular weight is 402 g/mol. The number of imidazole rings is 1. The molecule has 6 nitrogen and oxygen atoms in total. The van der Waals surface area contributed by atoms with E-state index >= 15 is 0 Å². The molecular weight excluding hydrogens is 385 g/mol. The van der Waals surface area contributed by atoms with E-state index < -0.39 is 11.7 Å². The summed E-state index contributed by atoms with van der Waals surface area (Å²) in [5, 5.41) is 2.74. The Labute approximate surface area is 164 Å². The van der Waals surface area contributed by atoms with Crippen molar-refractivity contribution < 1.29 is 22.7 Å². The van der Waals surface area contributed by atoms with Crippen molar-refractivity contribution >= 4 is 11.6 Å². The maximum Gasteiger partial charge on any atom is 0.416 e. The smallest absolute Gasteiger partial charge is 0.416 e. The molecule has 2 heterocycles. The number of carbonyl (C=O) groups is 1. The van der Waals surface area contributed by atoms with Crippen LogP contribution in [0.2, 0.25) is 0 Å². The van der Waals surface area contributed by atoms with Crippen LogP contribution in [-0.2, 0) is 17.4 Å². The predicted molar refractivity (Wildman–Crippen MR) is 99.9 cm³/mol. The highest BCUT2D eigenvalue weighted by atomic mass is 19.4. The van der Waals surface area contributed by atoms with Crippen LogP contribution in [0, 0.1) is 6.92 Å². The van der Waals surface area contributed by atoms with Gasteiger partial charge in [0.05, 0.1) is 18.2 Å². The number of ether oxygens (including phenoxy) is 1. The maximum atomic E-state index is 12.6. The summed E-state index contributed by atoms with van der Waals surface area (Å²) in [6.07, 6.45) is -3.13. The number of fused-ring (bicyclic) bond motifs is 1. The van der Waals surface area contributed by atoms with E-state index in [4.69, 9.17) is 4.74 Å². The van der Waals surface area contributed by atoms with Gasteiger partial charge in [-0.15, -0.1) is 0 Å². The topological polar surface area (TPSA) is 68.2 Å². The van der Waals surface area contributed by atoms with E-state index in [9.17, 15) is 18.0 Å². The maximum absolute atomic E-state index is 12.6. The highest BCUT2D eigenvalue weighted by Crippen LogP contribution is 2.30. The van der Waals surface area contributed by atoms with Crippen LogP contribution < -0.4 is 15.5 Å². The lowest BCUT2D eigenvalue weighted by Crippen LogP contribution is -2.17. The number of carbonyl (C=O) groups excluding carboxylic acids is 1. The summed E-state index contributed by atoms with van der Waals surface area (Å²) in [6.45, 7) is 1.86. The first kappa shape index (κ1) is 18.9. The minimum Gasteiger partial charge on any atom is -0.447 e. The number of halogens is 3. The largest absolute Gasteiger partial charge is 0.447 e. The molecule has 2 aromatic carbocycles. The zero-order chi connectivity index (χ0) is 20.6. The molecule has 0 aliphatic carbocycles. The molecule has 1 aliphatic rings. The van der Waals surface area contributed by atoms with Gasteiger partial charge in [0.25, 0.3) is 0 Å². The van der Waals surface area contributed by atoms with Gasteiger partial charge in [-0.25, -0.2) is 9.66 Å². The SMILES string of the molecule is Cc1ncc2n1NC(c1ccc(NC(=O)Cc3ccc(C(F)(F)F)cc3)cc1)O2. The Morgan fingerprint density at radius 2 is 1.86 bits per heavy atom. The second kappa shape index (κ2) is 7.16. The molecule has 1 aromatic heterocycles. The molecular formula is C20H17F3N4O2. The lowest BCUT2D eigenvalue weighted by Gasteiger charge is -2.13. The van der Waals surface area contributed by atoms with E-state index in [1.807, 2.05) is 19.1 Å². The monoisotopic (exact) mass is 402 g/mol. The summed E-state index contributed by atoms with van der Waals surface area (Å²) in [6, 6.07) is 11.7. The van der Waals surface area contributed by atoms with Gasteiger partial charge in [0.1, 0.15) is 5.82 Å². The molecule has 0 fully saturated rings. The van der Waals surface area contributed by atoms with Crippen LogP contribution in [0.1, 0.15) is 28.7 Å². The molecule has 1 amide bonds. The van der Waals surface area contributed by atoms with E-state index in [0.717, 1.165) is 23.5 Å². The minimum atomic E-state index is -4.39. The van der Waals surface area contributed by atoms with Crippen molar-refractivity contribution in [3.63, 3.8) is 0 Å². The molecule has 150 valence electrons. The van der Waals surface area contributed by atoms with Gasteiger partial charge in [0.2, 0.25) is 18.0 Å². The van der Waals surface area contributed by atoms with Gasteiger partial charge in [0.15, 0.2) is 0 Å². The fourth-order valence-electron chi connectivity index (χ4n) is 3.01. The van der Waals surface area contributed by atoms with Crippen LogP contribution in [0.15, 0.2) is 54.7 Å². The van der Waals surface area contributed by atoms with Crippen LogP contribution in [0.3, 0.4) is 0 Å². The molecule has 0 saturated heterocycles. The van der Waals surface area contributed by atoms with E-state index in [2.05, 4.69) is 15.7 Å². The Bertz CT molecular complexity index is 1030. The summed E-state index contributed by atoms with van der Waals surface area (Å²) in [5.41, 5.74) is 4.39. The van der Waals surface area contributed by atoms with E-state index in [0.29, 0.717) is 17.1 Å². The van der Waals surface area contributed by atoms with Gasteiger partial charge in [-0.3, -0.25) is 10.2 Å². The third kappa shape index (κ3) is 4.03. The average Bonchev–Trinajstić information content (AvgIpc) is 3.24. The zero-order valence-corrected chi connectivity index (χ0v) is 15.3. The molecule has 9 heteroatoms. The quantitative estimate of drug-likeness (QED) is 0.692. The number of anilines is 1. The Morgan fingerprint density at radius 3 is 2.48 bits per heavy atom. The number of aromatic nitrogens is 2. The van der Waals surface area contributed by atoms with Gasteiger partial charge in [-0.05, 0) is 36.8 Å². The number of rotatable bonds is 4. The fraction of sp³-hybridized carbons (Fsp3) is 0.200. The van der Waals surface area contributed by atoms with Gasteiger partial charge < -0.3 is 10.1 Å². The molecule has 2 N–H and O–H groups in total. The van der Waals surface area contributed by atoms with Gasteiger partial charge >= 0.3 is 6.18 Å². The zero-order valence-electron chi connectivity index (χ0n) is 15.3. The second-order valence-corrected chi connectivity index (χ2v) is 6.65. The van der Waals surface area contributed by atoms with Gasteiger partial charge in [-0.1, -0.05) is 24.3 Å². The first-order valence-corrected chi connectivity index (χ1v) is 8.83. The van der Waals surface area contributed by atoms with Crippen molar-refractivity contribution in [1.82, 2.24) is 9.66 Å². The van der Waals surface area contributed by atoms with Crippen LogP contribution in [0.4, 0.5) is 18.9 Å². The van der Waals surface area contributed by atoms with Crippen molar-refractivity contribution in [3.8, 4) is 5.88 Å². The highest BCUT2D eigenvalue weighted by molar-refractivity contribution is 5.92. The number of hydrogen-bond donors (Lipinski definition) is 2. The highest BCUT2D eigenvalue weighted by Gasteiger charge is 2.30. The molecule has 0 radical (unpaired) electrons. The number of nitrogens with zero attached hydrogens (tertiary/aromatic N) is 2. The molecule has 29 heavy (non-hydrogen) atoms. The van der Waals surface area contributed by atoms with Crippen LogP contribution in [-0.4, -0.2) is 15.6 Å². The van der Waals surface area contributed by atoms with Crippen LogP contribution >= 0.6 is 0 Å². The Morgan fingerprint density at radius 1 is 1.17 bits per heavy atom. The van der Waals surface area contributed by atoms with Crippen molar-refractivity contribution in [1.29, 1.82) is 0 Å². The molecule has 0 bridgehead atoms. The lowest BCUT2D eigenvalue weighted by molar-refractivity contribution is -0.137. The molecule has 3 aromatic rings. The third-order valence-corrected chi connectivity index (χ3v) is 4.53. The van der Waals surface area contributed by atoms with Crippen LogP contribution in [0.25, 0.3) is 0 Å². The summed E-state index contributed by atoms with van der Waals surface area (Å²) in [7, 11) is 0. The number of alkyl halides is 3. The molecule has 4 rings (SSSR count). The second-order valence-electron chi connectivity index (χ2n) is 6.65. The molecule has 0 spiro atoms. The number of hydrogen-bond acceptors (Lipinski definition) is 4. The van der Waals surface area contributed by atoms with Crippen molar-refractivity contribution in [2.75, 3.05) is 10.7 Å². The lowest BCUT2D eigenvalue weighted by atomic mass is 10.1. The summed E-state index contributed by atoms with van der Waals surface area (Å²) in [4.78, 5) is 16.3. The number of amides is 1. The Kier molecular flexibility index (Phi) is 4.65. The first-order chi connectivity index (χ1) is 13.8. The van der Waals surface area contributed by atoms with Crippen molar-refractivity contribution in [2.45, 2.75) is 25.7 Å². The fourth-order valence-corrected chi connectivity index (χ4v) is 3.01. The number of aryl methyl sites for hydroxylation is 1. The van der Waals surface area contributed by atoms with Crippen molar-refractivity contribution in [2.24, 2.45) is 0 Å². The summed E-state index contributed by atoms with van der Waals surface area (Å²) in [5.74, 6) is 1.10. The van der Waals surface area contributed by atoms with E-state index in [1.165, 1.54) is 12.1 Å². The molecule has 1 aliphatic heterocycles. The molecule has 0 saturated carbocycles. The molecule has 1 atom stereocenters. The number of benzene rings is 2. The molecule has 1 unspecified atom stereocenters. The van der Waals surface area contributed by atoms with Crippen molar-refractivity contribution in [3.05, 3.63) is 77.2 Å².